The number of rotatable bonds is 3. The molecule has 0 spiro atoms. The molecule has 0 amide bonds. The molecule has 17 heavy (non-hydrogen) atoms. The first kappa shape index (κ1) is 12.1. The van der Waals surface area contributed by atoms with E-state index >= 15 is 0 Å². The minimum atomic E-state index is -4.22. The zero-order chi connectivity index (χ0) is 12.7. The van der Waals surface area contributed by atoms with Crippen LogP contribution in [0, 0.1) is 6.92 Å². The van der Waals surface area contributed by atoms with Crippen molar-refractivity contribution in [1.82, 2.24) is 9.97 Å². The molecule has 0 atom stereocenters. The molecule has 1 aromatic heterocycles. The van der Waals surface area contributed by atoms with Crippen molar-refractivity contribution < 1.29 is 13.2 Å². The molecule has 0 radical (unpaired) electrons. The minimum Gasteiger partial charge on any atom is -0.356 e. The van der Waals surface area contributed by atoms with Crippen molar-refractivity contribution in [2.24, 2.45) is 0 Å². The number of aryl methyl sites for hydroxylation is 2. The lowest BCUT2D eigenvalue weighted by molar-refractivity contribution is -0.151. The molecular formula is C11H14F3N3. The number of aromatic nitrogens is 2. The van der Waals surface area contributed by atoms with E-state index < -0.39 is 11.7 Å². The molecule has 1 saturated carbocycles. The highest BCUT2D eigenvalue weighted by atomic mass is 19.4. The van der Waals surface area contributed by atoms with E-state index in [0.29, 0.717) is 12.2 Å². The number of alkyl halides is 3. The molecule has 0 aromatic carbocycles. The number of halogens is 3. The Morgan fingerprint density at radius 2 is 2.00 bits per heavy atom. The van der Waals surface area contributed by atoms with Crippen molar-refractivity contribution in [2.45, 2.75) is 44.8 Å². The maximum atomic E-state index is 12.8. The Morgan fingerprint density at radius 1 is 1.35 bits per heavy atom. The number of hydrogen-bond acceptors (Lipinski definition) is 3. The summed E-state index contributed by atoms with van der Waals surface area (Å²) < 4.78 is 38.3. The van der Waals surface area contributed by atoms with E-state index in [1.54, 1.807) is 13.0 Å². The first-order chi connectivity index (χ1) is 7.86. The van der Waals surface area contributed by atoms with Crippen LogP contribution in [0.2, 0.25) is 0 Å². The largest absolute Gasteiger partial charge is 0.411 e. The Bertz CT molecular complexity index is 424. The van der Waals surface area contributed by atoms with Gasteiger partial charge in [-0.25, -0.2) is 9.97 Å². The lowest BCUT2D eigenvalue weighted by atomic mass is 10.2. The van der Waals surface area contributed by atoms with Gasteiger partial charge < -0.3 is 5.32 Å². The van der Waals surface area contributed by atoms with Crippen LogP contribution < -0.4 is 5.32 Å². The highest BCUT2D eigenvalue weighted by molar-refractivity contribution is 5.43. The third-order valence-electron chi connectivity index (χ3n) is 2.91. The van der Waals surface area contributed by atoms with Crippen LogP contribution >= 0.6 is 0 Å². The highest BCUT2D eigenvalue weighted by Gasteiger charge is 2.63. The van der Waals surface area contributed by atoms with E-state index in [0.717, 1.165) is 5.69 Å². The summed E-state index contributed by atoms with van der Waals surface area (Å²) in [5.74, 6) is 0.758. The summed E-state index contributed by atoms with van der Waals surface area (Å²) in [5, 5.41) is 2.51. The van der Waals surface area contributed by atoms with Crippen molar-refractivity contribution >= 4 is 5.82 Å². The number of nitrogens with zero attached hydrogens (tertiary/aromatic N) is 2. The third-order valence-corrected chi connectivity index (χ3v) is 2.91. The molecule has 1 aromatic rings. The summed E-state index contributed by atoms with van der Waals surface area (Å²) in [5.41, 5.74) is -1.02. The van der Waals surface area contributed by atoms with Gasteiger partial charge in [-0.05, 0) is 26.2 Å². The molecule has 1 N–H and O–H groups in total. The van der Waals surface area contributed by atoms with E-state index in [4.69, 9.17) is 0 Å². The molecule has 1 fully saturated rings. The van der Waals surface area contributed by atoms with Gasteiger partial charge in [0.2, 0.25) is 0 Å². The molecule has 94 valence electrons. The molecule has 0 unspecified atom stereocenters. The molecule has 1 aliphatic carbocycles. The quantitative estimate of drug-likeness (QED) is 0.889. The van der Waals surface area contributed by atoms with E-state index in [9.17, 15) is 13.2 Å². The second kappa shape index (κ2) is 3.85. The molecule has 6 heteroatoms. The minimum absolute atomic E-state index is 0.112. The van der Waals surface area contributed by atoms with Gasteiger partial charge in [0.15, 0.2) is 0 Å². The predicted octanol–water partition coefficient (Wildman–Crippen LogP) is 2.85. The zero-order valence-electron chi connectivity index (χ0n) is 9.73. The molecule has 0 bridgehead atoms. The van der Waals surface area contributed by atoms with Crippen LogP contribution in [0.25, 0.3) is 0 Å². The Labute approximate surface area is 97.5 Å². The van der Waals surface area contributed by atoms with Crippen LogP contribution in [-0.4, -0.2) is 21.7 Å². The number of anilines is 1. The summed E-state index contributed by atoms with van der Waals surface area (Å²) in [6, 6.07) is 1.58. The molecule has 0 aliphatic heterocycles. The zero-order valence-corrected chi connectivity index (χ0v) is 9.73. The molecule has 3 nitrogen and oxygen atoms in total. The van der Waals surface area contributed by atoms with E-state index in [2.05, 4.69) is 15.3 Å². The number of hydrogen-bond donors (Lipinski definition) is 1. The molecule has 1 aliphatic rings. The van der Waals surface area contributed by atoms with Crippen molar-refractivity contribution in [3.8, 4) is 0 Å². The van der Waals surface area contributed by atoms with Gasteiger partial charge in [-0.15, -0.1) is 0 Å². The van der Waals surface area contributed by atoms with Crippen molar-refractivity contribution in [1.29, 1.82) is 0 Å². The third kappa shape index (κ3) is 2.35. The second-order valence-electron chi connectivity index (χ2n) is 4.35. The van der Waals surface area contributed by atoms with Crippen LogP contribution in [0.5, 0.6) is 0 Å². The topological polar surface area (TPSA) is 37.8 Å². The lowest BCUT2D eigenvalue weighted by Gasteiger charge is -2.21. The summed E-state index contributed by atoms with van der Waals surface area (Å²) in [6.45, 7) is 3.58. The average molecular weight is 245 g/mol. The van der Waals surface area contributed by atoms with Gasteiger partial charge in [-0.3, -0.25) is 0 Å². The summed E-state index contributed by atoms with van der Waals surface area (Å²) in [6.07, 6.45) is -3.32. The van der Waals surface area contributed by atoms with Gasteiger partial charge in [-0.2, -0.15) is 13.2 Å². The summed E-state index contributed by atoms with van der Waals surface area (Å²) in [4.78, 5) is 8.13. The van der Waals surface area contributed by atoms with Crippen LogP contribution in [0.4, 0.5) is 19.0 Å². The average Bonchev–Trinajstić information content (AvgIpc) is 2.97. The summed E-state index contributed by atoms with van der Waals surface area (Å²) >= 11 is 0. The second-order valence-corrected chi connectivity index (χ2v) is 4.35. The van der Waals surface area contributed by atoms with Crippen molar-refractivity contribution in [2.75, 3.05) is 5.32 Å². The van der Waals surface area contributed by atoms with Crippen LogP contribution in [-0.2, 0) is 6.42 Å². The van der Waals surface area contributed by atoms with Gasteiger partial charge in [-0.1, -0.05) is 6.92 Å². The Hall–Kier alpha value is -1.33. The molecule has 2 rings (SSSR count). The molecule has 1 heterocycles. The molecule has 0 saturated heterocycles. The lowest BCUT2D eigenvalue weighted by Crippen LogP contribution is -2.39. The fraction of sp³-hybridized carbons (Fsp3) is 0.636. The fourth-order valence-corrected chi connectivity index (χ4v) is 1.72. The normalized spacial score (nSPS) is 17.9. The fourth-order valence-electron chi connectivity index (χ4n) is 1.72. The van der Waals surface area contributed by atoms with Gasteiger partial charge in [0.25, 0.3) is 0 Å². The van der Waals surface area contributed by atoms with Crippen molar-refractivity contribution in [3.05, 3.63) is 17.6 Å². The predicted molar refractivity (Wildman–Crippen MR) is 57.8 cm³/mol. The van der Waals surface area contributed by atoms with Crippen molar-refractivity contribution in [3.63, 3.8) is 0 Å². The van der Waals surface area contributed by atoms with Gasteiger partial charge >= 0.3 is 6.18 Å². The standard InChI is InChI=1S/C11H14F3N3/c1-3-8-6-9(16-7(2)15-8)17-10(4-5-10)11(12,13)14/h6H,3-5H2,1-2H3,(H,15,16,17). The maximum Gasteiger partial charge on any atom is 0.411 e. The first-order valence-electron chi connectivity index (χ1n) is 5.56. The highest BCUT2D eigenvalue weighted by Crippen LogP contribution is 2.50. The summed E-state index contributed by atoms with van der Waals surface area (Å²) in [7, 11) is 0. The van der Waals surface area contributed by atoms with E-state index in [-0.39, 0.29) is 18.7 Å². The molecular weight excluding hydrogens is 231 g/mol. The van der Waals surface area contributed by atoms with Crippen LogP contribution in [0.1, 0.15) is 31.3 Å². The number of nitrogens with one attached hydrogen (secondary N) is 1. The van der Waals surface area contributed by atoms with E-state index in [1.165, 1.54) is 0 Å². The van der Waals surface area contributed by atoms with Gasteiger partial charge in [0, 0.05) is 11.8 Å². The van der Waals surface area contributed by atoms with Gasteiger partial charge in [0.05, 0.1) is 0 Å². The SMILES string of the molecule is CCc1cc(NC2(C(F)(F)F)CC2)nc(C)n1. The van der Waals surface area contributed by atoms with Gasteiger partial charge in [0.1, 0.15) is 17.2 Å². The Kier molecular flexibility index (Phi) is 2.75. The first-order valence-corrected chi connectivity index (χ1v) is 5.56. The van der Waals surface area contributed by atoms with Crippen LogP contribution in [0.15, 0.2) is 6.07 Å². The smallest absolute Gasteiger partial charge is 0.356 e. The van der Waals surface area contributed by atoms with Crippen LogP contribution in [0.3, 0.4) is 0 Å². The maximum absolute atomic E-state index is 12.8. The monoisotopic (exact) mass is 245 g/mol. The Morgan fingerprint density at radius 3 is 2.47 bits per heavy atom. The Balaban J connectivity index is 2.22. The van der Waals surface area contributed by atoms with E-state index in [1.807, 2.05) is 6.92 Å².